The van der Waals surface area contributed by atoms with Crippen molar-refractivity contribution in [2.45, 2.75) is 19.5 Å². The molecule has 0 aliphatic rings. The van der Waals surface area contributed by atoms with Gasteiger partial charge in [-0.15, -0.1) is 0 Å². The molecule has 110 valence electrons. The van der Waals surface area contributed by atoms with Gasteiger partial charge < -0.3 is 24.8 Å². The fourth-order valence-electron chi connectivity index (χ4n) is 1.67. The third kappa shape index (κ3) is 4.73. The van der Waals surface area contributed by atoms with E-state index in [0.29, 0.717) is 5.69 Å². The number of aromatic hydroxyl groups is 1. The van der Waals surface area contributed by atoms with Gasteiger partial charge in [0.1, 0.15) is 6.54 Å². The molecule has 8 heteroatoms. The maximum absolute atomic E-state index is 11.4. The number of carbonyl (C=O) groups is 2. The van der Waals surface area contributed by atoms with Crippen LogP contribution in [0.5, 0.6) is 5.75 Å². The summed E-state index contributed by atoms with van der Waals surface area (Å²) in [5, 5.41) is 26.7. The minimum Gasteiger partial charge on any atom is -0.503 e. The van der Waals surface area contributed by atoms with Crippen molar-refractivity contribution in [3.63, 3.8) is 0 Å². The number of nitrogens with zero attached hydrogens (tertiary/aromatic N) is 2. The van der Waals surface area contributed by atoms with E-state index in [1.807, 2.05) is 0 Å². The Bertz CT molecular complexity index is 566. The Morgan fingerprint density at radius 3 is 2.50 bits per heavy atom. The SMILES string of the molecule is CN(CCC(=O)O)Cc1cc(=O)c(O)cn1CC(=O)O. The monoisotopic (exact) mass is 284 g/mol. The molecule has 20 heavy (non-hydrogen) atoms. The highest BCUT2D eigenvalue weighted by molar-refractivity contribution is 5.67. The van der Waals surface area contributed by atoms with Crippen LogP contribution in [0.3, 0.4) is 0 Å². The second-order valence-corrected chi connectivity index (χ2v) is 4.42. The number of pyridine rings is 1. The zero-order chi connectivity index (χ0) is 15.3. The molecule has 0 spiro atoms. The highest BCUT2D eigenvalue weighted by atomic mass is 16.4. The molecule has 8 nitrogen and oxygen atoms in total. The fraction of sp³-hybridized carbons (Fsp3) is 0.417. The van der Waals surface area contributed by atoms with E-state index in [1.54, 1.807) is 11.9 Å². The number of hydrogen-bond donors (Lipinski definition) is 3. The Morgan fingerprint density at radius 2 is 1.95 bits per heavy atom. The largest absolute Gasteiger partial charge is 0.503 e. The van der Waals surface area contributed by atoms with Gasteiger partial charge in [-0.3, -0.25) is 14.4 Å². The van der Waals surface area contributed by atoms with Crippen molar-refractivity contribution >= 4 is 11.9 Å². The maximum atomic E-state index is 11.4. The summed E-state index contributed by atoms with van der Waals surface area (Å²) >= 11 is 0. The lowest BCUT2D eigenvalue weighted by molar-refractivity contribution is -0.138. The summed E-state index contributed by atoms with van der Waals surface area (Å²) in [6.07, 6.45) is 1.01. The lowest BCUT2D eigenvalue weighted by Gasteiger charge is -2.19. The topological polar surface area (TPSA) is 120 Å². The number of aliphatic carboxylic acids is 2. The van der Waals surface area contributed by atoms with E-state index >= 15 is 0 Å². The molecule has 0 fully saturated rings. The van der Waals surface area contributed by atoms with Crippen LogP contribution in [0.25, 0.3) is 0 Å². The third-order valence-electron chi connectivity index (χ3n) is 2.64. The molecule has 0 radical (unpaired) electrons. The van der Waals surface area contributed by atoms with Crippen LogP contribution >= 0.6 is 0 Å². The average Bonchev–Trinajstić information content (AvgIpc) is 2.32. The Morgan fingerprint density at radius 1 is 1.30 bits per heavy atom. The van der Waals surface area contributed by atoms with Crippen molar-refractivity contribution in [3.05, 3.63) is 28.2 Å². The lowest BCUT2D eigenvalue weighted by atomic mass is 10.3. The van der Waals surface area contributed by atoms with Gasteiger partial charge in [-0.1, -0.05) is 0 Å². The smallest absolute Gasteiger partial charge is 0.323 e. The molecule has 1 aromatic rings. The number of carboxylic acid groups (broad SMARTS) is 2. The average molecular weight is 284 g/mol. The molecule has 0 atom stereocenters. The third-order valence-corrected chi connectivity index (χ3v) is 2.64. The molecule has 1 heterocycles. The van der Waals surface area contributed by atoms with E-state index in [1.165, 1.54) is 4.57 Å². The van der Waals surface area contributed by atoms with Gasteiger partial charge in [-0.2, -0.15) is 0 Å². The summed E-state index contributed by atoms with van der Waals surface area (Å²) in [5.41, 5.74) is -0.212. The van der Waals surface area contributed by atoms with Crippen LogP contribution in [0.1, 0.15) is 12.1 Å². The predicted octanol–water partition coefficient (Wildman–Crippen LogP) is -0.455. The van der Waals surface area contributed by atoms with Gasteiger partial charge in [0.2, 0.25) is 5.43 Å². The molecule has 0 aliphatic carbocycles. The highest BCUT2D eigenvalue weighted by Crippen LogP contribution is 2.08. The first kappa shape index (κ1) is 15.7. The zero-order valence-corrected chi connectivity index (χ0v) is 10.9. The van der Waals surface area contributed by atoms with Crippen LogP contribution in [0.2, 0.25) is 0 Å². The van der Waals surface area contributed by atoms with Crippen LogP contribution in [0.4, 0.5) is 0 Å². The molecule has 1 aromatic heterocycles. The highest BCUT2D eigenvalue weighted by Gasteiger charge is 2.11. The minimum absolute atomic E-state index is 0.0578. The summed E-state index contributed by atoms with van der Waals surface area (Å²) in [6.45, 7) is 0.0729. The molecule has 0 aromatic carbocycles. The van der Waals surface area contributed by atoms with Gasteiger partial charge in [-0.25, -0.2) is 0 Å². The van der Waals surface area contributed by atoms with E-state index in [2.05, 4.69) is 0 Å². The molecular formula is C12H16N2O6. The van der Waals surface area contributed by atoms with Crippen molar-refractivity contribution in [2.24, 2.45) is 0 Å². The lowest BCUT2D eigenvalue weighted by Crippen LogP contribution is -2.26. The molecular weight excluding hydrogens is 268 g/mol. The first-order valence-corrected chi connectivity index (χ1v) is 5.84. The van der Waals surface area contributed by atoms with Gasteiger partial charge in [0.15, 0.2) is 5.75 Å². The van der Waals surface area contributed by atoms with Crippen molar-refractivity contribution in [1.82, 2.24) is 9.47 Å². The minimum atomic E-state index is -1.11. The summed E-state index contributed by atoms with van der Waals surface area (Å²) in [5.74, 6) is -2.57. The van der Waals surface area contributed by atoms with E-state index in [9.17, 15) is 19.5 Å². The quantitative estimate of drug-likeness (QED) is 0.620. The zero-order valence-electron chi connectivity index (χ0n) is 10.9. The van der Waals surface area contributed by atoms with E-state index in [-0.39, 0.29) is 19.5 Å². The molecule has 0 saturated heterocycles. The van der Waals surface area contributed by atoms with E-state index < -0.39 is 29.7 Å². The van der Waals surface area contributed by atoms with Crippen LogP contribution < -0.4 is 5.43 Å². The van der Waals surface area contributed by atoms with E-state index in [0.717, 1.165) is 12.3 Å². The Labute approximate surface area is 114 Å². The molecule has 3 N–H and O–H groups in total. The Balaban J connectivity index is 2.91. The molecule has 0 saturated carbocycles. The fourth-order valence-corrected chi connectivity index (χ4v) is 1.67. The number of rotatable bonds is 7. The number of carboxylic acids is 2. The standard InChI is InChI=1S/C12H16N2O6/c1-13(3-2-11(17)18)5-8-4-9(15)10(16)6-14(8)7-12(19)20/h4,6,16H,2-3,5,7H2,1H3,(H,17,18)(H,19,20). The normalized spacial score (nSPS) is 10.7. The van der Waals surface area contributed by atoms with Crippen LogP contribution in [0, 0.1) is 0 Å². The van der Waals surface area contributed by atoms with Crippen molar-refractivity contribution in [3.8, 4) is 5.75 Å². The maximum Gasteiger partial charge on any atom is 0.323 e. The van der Waals surface area contributed by atoms with Crippen molar-refractivity contribution < 1.29 is 24.9 Å². The van der Waals surface area contributed by atoms with Gasteiger partial charge >= 0.3 is 11.9 Å². The summed E-state index contributed by atoms with van der Waals surface area (Å²) < 4.78 is 1.25. The first-order valence-electron chi connectivity index (χ1n) is 5.84. The predicted molar refractivity (Wildman–Crippen MR) is 68.6 cm³/mol. The van der Waals surface area contributed by atoms with Crippen molar-refractivity contribution in [2.75, 3.05) is 13.6 Å². The van der Waals surface area contributed by atoms with Gasteiger partial charge in [0.05, 0.1) is 12.6 Å². The summed E-state index contributed by atoms with van der Waals surface area (Å²) in [6, 6.07) is 1.15. The molecule has 0 amide bonds. The van der Waals surface area contributed by atoms with E-state index in [4.69, 9.17) is 10.2 Å². The van der Waals surface area contributed by atoms with Gasteiger partial charge in [-0.05, 0) is 7.05 Å². The Kier molecular flexibility index (Phi) is 5.27. The molecule has 1 rings (SSSR count). The molecule has 0 aliphatic heterocycles. The number of aromatic nitrogens is 1. The molecule has 0 bridgehead atoms. The molecule has 0 unspecified atom stereocenters. The summed E-state index contributed by atoms with van der Waals surface area (Å²) in [4.78, 5) is 34.3. The van der Waals surface area contributed by atoms with Crippen LogP contribution in [-0.2, 0) is 22.7 Å². The van der Waals surface area contributed by atoms with Crippen molar-refractivity contribution in [1.29, 1.82) is 0 Å². The second kappa shape index (κ2) is 6.71. The number of hydrogen-bond acceptors (Lipinski definition) is 5. The van der Waals surface area contributed by atoms with Gasteiger partial charge in [0, 0.05) is 24.8 Å². The van der Waals surface area contributed by atoms with Crippen LogP contribution in [0.15, 0.2) is 17.1 Å². The summed E-state index contributed by atoms with van der Waals surface area (Å²) in [7, 11) is 1.66. The van der Waals surface area contributed by atoms with Gasteiger partial charge in [0.25, 0.3) is 0 Å². The first-order chi connectivity index (χ1) is 9.29. The van der Waals surface area contributed by atoms with Crippen LogP contribution in [-0.4, -0.2) is 50.3 Å². The second-order valence-electron chi connectivity index (χ2n) is 4.42. The Hall–Kier alpha value is -2.35.